The third kappa shape index (κ3) is 4.15. The fraction of sp³-hybridized carbons (Fsp3) is 0.238. The summed E-state index contributed by atoms with van der Waals surface area (Å²) < 4.78 is 45.5. The van der Waals surface area contributed by atoms with Crippen molar-refractivity contribution in [1.29, 1.82) is 0 Å². The molecule has 3 aromatic rings. The molecule has 1 fully saturated rings. The molecule has 168 valence electrons. The quantitative estimate of drug-likeness (QED) is 0.598. The number of ether oxygens (including phenoxy) is 1. The van der Waals surface area contributed by atoms with Gasteiger partial charge in [0.1, 0.15) is 27.2 Å². The number of nitrogens with zero attached hydrogens (tertiary/aromatic N) is 4. The van der Waals surface area contributed by atoms with Crippen molar-refractivity contribution >= 4 is 38.9 Å². The van der Waals surface area contributed by atoms with E-state index in [1.54, 1.807) is 18.2 Å². The largest absolute Gasteiger partial charge is 0.495 e. The lowest BCUT2D eigenvalue weighted by molar-refractivity contribution is 0.402. The van der Waals surface area contributed by atoms with Crippen molar-refractivity contribution in [2.24, 2.45) is 0 Å². The molecule has 1 aromatic heterocycles. The summed E-state index contributed by atoms with van der Waals surface area (Å²) in [5, 5.41) is 0.244. The summed E-state index contributed by atoms with van der Waals surface area (Å²) in [5.74, 6) is 0.0100. The molecule has 4 rings (SSSR count). The first-order valence-electron chi connectivity index (χ1n) is 9.77. The lowest BCUT2D eigenvalue weighted by Gasteiger charge is -2.36. The van der Waals surface area contributed by atoms with Gasteiger partial charge >= 0.3 is 0 Å². The van der Waals surface area contributed by atoms with Crippen LogP contribution in [0.3, 0.4) is 0 Å². The number of nitrogen functional groups attached to an aromatic ring is 1. The Morgan fingerprint density at radius 2 is 1.75 bits per heavy atom. The molecule has 0 aliphatic carbocycles. The Balaban J connectivity index is 1.56. The number of methoxy groups -OCH3 is 1. The molecule has 11 heteroatoms. The number of benzene rings is 2. The molecule has 0 radical (unpaired) electrons. The summed E-state index contributed by atoms with van der Waals surface area (Å²) in [6.07, 6.45) is 1.19. The lowest BCUT2D eigenvalue weighted by Crippen LogP contribution is -2.47. The molecular formula is C21H21ClFN5O3S. The van der Waals surface area contributed by atoms with Gasteiger partial charge in [-0.05, 0) is 30.3 Å². The molecule has 0 atom stereocenters. The number of hydrogen-bond acceptors (Lipinski definition) is 8. The van der Waals surface area contributed by atoms with Crippen LogP contribution in [0.4, 0.5) is 21.8 Å². The van der Waals surface area contributed by atoms with Crippen LogP contribution in [-0.2, 0) is 9.84 Å². The first-order chi connectivity index (χ1) is 15.3. The highest BCUT2D eigenvalue weighted by Crippen LogP contribution is 2.33. The van der Waals surface area contributed by atoms with Gasteiger partial charge in [0.15, 0.2) is 0 Å². The van der Waals surface area contributed by atoms with Crippen molar-refractivity contribution in [2.45, 2.75) is 9.79 Å². The maximum Gasteiger partial charge on any atom is 0.227 e. The summed E-state index contributed by atoms with van der Waals surface area (Å²) >= 11 is 5.98. The van der Waals surface area contributed by atoms with Crippen LogP contribution in [0.1, 0.15) is 0 Å². The van der Waals surface area contributed by atoms with Crippen molar-refractivity contribution in [1.82, 2.24) is 9.97 Å². The van der Waals surface area contributed by atoms with Crippen LogP contribution < -0.4 is 20.3 Å². The maximum atomic E-state index is 14.1. The molecule has 2 aromatic carbocycles. The molecule has 0 amide bonds. The zero-order chi connectivity index (χ0) is 22.9. The van der Waals surface area contributed by atoms with E-state index < -0.39 is 9.84 Å². The Morgan fingerprint density at radius 3 is 2.41 bits per heavy atom. The van der Waals surface area contributed by atoms with E-state index in [1.807, 2.05) is 9.80 Å². The second-order valence-corrected chi connectivity index (χ2v) is 9.47. The number of anilines is 3. The van der Waals surface area contributed by atoms with Crippen LogP contribution in [0.2, 0.25) is 5.02 Å². The van der Waals surface area contributed by atoms with Crippen molar-refractivity contribution in [3.05, 3.63) is 59.5 Å². The number of nitrogens with two attached hydrogens (primary N) is 1. The number of aromatic nitrogens is 2. The van der Waals surface area contributed by atoms with Gasteiger partial charge in [-0.1, -0.05) is 23.7 Å². The van der Waals surface area contributed by atoms with Crippen LogP contribution >= 0.6 is 11.6 Å². The minimum Gasteiger partial charge on any atom is -0.495 e. The van der Waals surface area contributed by atoms with Crippen LogP contribution in [0, 0.1) is 5.82 Å². The van der Waals surface area contributed by atoms with E-state index in [9.17, 15) is 12.8 Å². The number of piperazine rings is 1. The van der Waals surface area contributed by atoms with E-state index in [0.717, 1.165) is 0 Å². The normalized spacial score (nSPS) is 14.5. The lowest BCUT2D eigenvalue weighted by atomic mass is 10.2. The molecule has 0 unspecified atom stereocenters. The number of para-hydroxylation sites is 1. The van der Waals surface area contributed by atoms with Gasteiger partial charge in [-0.15, -0.1) is 0 Å². The first kappa shape index (κ1) is 22.1. The highest BCUT2D eigenvalue weighted by Gasteiger charge is 2.28. The van der Waals surface area contributed by atoms with Crippen molar-refractivity contribution < 1.29 is 17.5 Å². The van der Waals surface area contributed by atoms with E-state index in [0.29, 0.717) is 37.8 Å². The third-order valence-corrected chi connectivity index (χ3v) is 7.26. The van der Waals surface area contributed by atoms with Crippen molar-refractivity contribution in [3.63, 3.8) is 0 Å². The molecule has 8 nitrogen and oxygen atoms in total. The van der Waals surface area contributed by atoms with Crippen LogP contribution in [0.5, 0.6) is 5.75 Å². The molecule has 1 saturated heterocycles. The van der Waals surface area contributed by atoms with Gasteiger partial charge < -0.3 is 20.3 Å². The molecular weight excluding hydrogens is 457 g/mol. The van der Waals surface area contributed by atoms with Crippen LogP contribution in [0.15, 0.2) is 58.5 Å². The van der Waals surface area contributed by atoms with Gasteiger partial charge in [0.2, 0.25) is 15.8 Å². The predicted molar refractivity (Wildman–Crippen MR) is 121 cm³/mol. The Kier molecular flexibility index (Phi) is 6.07. The second-order valence-electron chi connectivity index (χ2n) is 7.14. The third-order valence-electron chi connectivity index (χ3n) is 5.23. The Bertz CT molecular complexity index is 1250. The van der Waals surface area contributed by atoms with Gasteiger partial charge in [-0.3, -0.25) is 0 Å². The molecule has 0 saturated carbocycles. The van der Waals surface area contributed by atoms with Gasteiger partial charge in [0.05, 0.1) is 19.0 Å². The molecule has 2 heterocycles. The molecule has 1 aliphatic rings. The van der Waals surface area contributed by atoms with Gasteiger partial charge in [-0.2, -0.15) is 4.98 Å². The maximum absolute atomic E-state index is 14.1. The number of rotatable bonds is 5. The average molecular weight is 478 g/mol. The van der Waals surface area contributed by atoms with Crippen LogP contribution in [-0.4, -0.2) is 51.7 Å². The molecule has 32 heavy (non-hydrogen) atoms. The average Bonchev–Trinajstić information content (AvgIpc) is 2.79. The summed E-state index contributed by atoms with van der Waals surface area (Å²) in [6.45, 7) is 2.18. The fourth-order valence-corrected chi connectivity index (χ4v) is 5.25. The van der Waals surface area contributed by atoms with E-state index in [2.05, 4.69) is 9.97 Å². The van der Waals surface area contributed by atoms with E-state index >= 15 is 0 Å². The van der Waals surface area contributed by atoms with Gasteiger partial charge in [0, 0.05) is 31.2 Å². The fourth-order valence-electron chi connectivity index (χ4n) is 3.57. The summed E-state index contributed by atoms with van der Waals surface area (Å²) in [4.78, 5) is 11.9. The zero-order valence-corrected chi connectivity index (χ0v) is 18.8. The van der Waals surface area contributed by atoms with Gasteiger partial charge in [0.25, 0.3) is 0 Å². The number of hydrogen-bond donors (Lipinski definition) is 1. The van der Waals surface area contributed by atoms with E-state index in [4.69, 9.17) is 22.1 Å². The monoisotopic (exact) mass is 477 g/mol. The van der Waals surface area contributed by atoms with Crippen LogP contribution in [0.25, 0.3) is 0 Å². The van der Waals surface area contributed by atoms with Crippen molar-refractivity contribution in [2.75, 3.05) is 48.8 Å². The number of halogens is 2. The molecule has 0 spiro atoms. The SMILES string of the molecule is COc1ccc(Cl)cc1S(=O)(=O)c1cnc(N2CCN(c3ccccc3F)CC2)nc1N. The van der Waals surface area contributed by atoms with E-state index in [1.165, 1.54) is 37.6 Å². The highest BCUT2D eigenvalue weighted by molar-refractivity contribution is 7.91. The topological polar surface area (TPSA) is 102 Å². The molecule has 1 aliphatic heterocycles. The second kappa shape index (κ2) is 8.79. The van der Waals surface area contributed by atoms with Gasteiger partial charge in [-0.25, -0.2) is 17.8 Å². The van der Waals surface area contributed by atoms with Crippen molar-refractivity contribution in [3.8, 4) is 5.75 Å². The Morgan fingerprint density at radius 1 is 1.06 bits per heavy atom. The minimum absolute atomic E-state index is 0.117. The minimum atomic E-state index is -4.06. The summed E-state index contributed by atoms with van der Waals surface area (Å²) in [5.41, 5.74) is 6.57. The smallest absolute Gasteiger partial charge is 0.227 e. The molecule has 2 N–H and O–H groups in total. The standard InChI is InChI=1S/C21H21ClFN5O3S/c1-31-17-7-6-14(22)12-18(17)32(29,30)19-13-25-21(26-20(19)24)28-10-8-27(9-11-28)16-5-3-2-4-15(16)23/h2-7,12-13H,8-11H2,1H3,(H2,24,25,26). The summed E-state index contributed by atoms with van der Waals surface area (Å²) in [7, 11) is -2.69. The first-order valence-corrected chi connectivity index (χ1v) is 11.6. The highest BCUT2D eigenvalue weighted by atomic mass is 35.5. The Labute approximate surface area is 190 Å². The predicted octanol–water partition coefficient (Wildman–Crippen LogP) is 3.02. The number of sulfone groups is 1. The summed E-state index contributed by atoms with van der Waals surface area (Å²) in [6, 6.07) is 10.9. The van der Waals surface area contributed by atoms with E-state index in [-0.39, 0.29) is 32.2 Å². The zero-order valence-electron chi connectivity index (χ0n) is 17.2. The Hall–Kier alpha value is -3.11. The molecule has 0 bridgehead atoms.